The van der Waals surface area contributed by atoms with Crippen LogP contribution in [0.25, 0.3) is 0 Å². The summed E-state index contributed by atoms with van der Waals surface area (Å²) < 4.78 is 18.9. The predicted octanol–water partition coefficient (Wildman–Crippen LogP) is 3.25. The van der Waals surface area contributed by atoms with Crippen LogP contribution >= 0.6 is 0 Å². The molecule has 0 bridgehead atoms. The number of H-pyrrole nitrogens is 1. The number of carbonyl (C=O) groups is 1. The molecule has 1 fully saturated rings. The zero-order valence-electron chi connectivity index (χ0n) is 16.9. The van der Waals surface area contributed by atoms with Gasteiger partial charge >= 0.3 is 0 Å². The molecule has 1 aromatic carbocycles. The maximum Gasteiger partial charge on any atom is 0.248 e. The van der Waals surface area contributed by atoms with E-state index in [0.29, 0.717) is 6.54 Å². The first-order valence-corrected chi connectivity index (χ1v) is 9.86. The minimum atomic E-state index is -0.213. The maximum absolute atomic E-state index is 13.9. The van der Waals surface area contributed by atoms with Crippen molar-refractivity contribution >= 4 is 5.91 Å². The number of ether oxygens (including phenoxy) is 1. The van der Waals surface area contributed by atoms with E-state index in [9.17, 15) is 9.18 Å². The van der Waals surface area contributed by atoms with Gasteiger partial charge in [0.05, 0.1) is 0 Å². The molecule has 1 aliphatic heterocycles. The minimum Gasteiger partial charge on any atom is -0.375 e. The molecule has 1 aromatic heterocycles. The van der Waals surface area contributed by atoms with Crippen LogP contribution in [0.5, 0.6) is 0 Å². The van der Waals surface area contributed by atoms with Gasteiger partial charge in [-0.25, -0.2) is 4.39 Å². The van der Waals surface area contributed by atoms with E-state index < -0.39 is 0 Å². The van der Waals surface area contributed by atoms with Crippen molar-refractivity contribution in [2.45, 2.75) is 32.4 Å². The smallest absolute Gasteiger partial charge is 0.248 e. The second kappa shape index (κ2) is 9.34. The summed E-state index contributed by atoms with van der Waals surface area (Å²) in [6.07, 6.45) is 1.93. The largest absolute Gasteiger partial charge is 0.375 e. The molecule has 6 heteroatoms. The van der Waals surface area contributed by atoms with Gasteiger partial charge in [-0.3, -0.25) is 9.69 Å². The molecule has 0 spiro atoms. The van der Waals surface area contributed by atoms with Crippen LogP contribution in [0.4, 0.5) is 4.39 Å². The van der Waals surface area contributed by atoms with Crippen molar-refractivity contribution in [3.8, 4) is 0 Å². The first-order chi connectivity index (χ1) is 13.5. The molecule has 3 rings (SSSR count). The Bertz CT molecular complexity index is 763. The summed E-state index contributed by atoms with van der Waals surface area (Å²) in [5.74, 6) is 0.204. The molecule has 1 N–H and O–H groups in total. The Morgan fingerprint density at radius 2 is 2.14 bits per heavy atom. The van der Waals surface area contributed by atoms with E-state index in [4.69, 9.17) is 4.74 Å². The van der Waals surface area contributed by atoms with Gasteiger partial charge in [0.2, 0.25) is 5.91 Å². The third-order valence-corrected chi connectivity index (χ3v) is 5.49. The Kier molecular flexibility index (Phi) is 6.86. The van der Waals surface area contributed by atoms with Crippen LogP contribution < -0.4 is 0 Å². The number of amides is 1. The van der Waals surface area contributed by atoms with Crippen LogP contribution in [0, 0.1) is 11.7 Å². The highest BCUT2D eigenvalue weighted by atomic mass is 19.1. The highest BCUT2D eigenvalue weighted by Crippen LogP contribution is 2.34. The van der Waals surface area contributed by atoms with E-state index in [1.54, 1.807) is 19.2 Å². The summed E-state index contributed by atoms with van der Waals surface area (Å²) in [5, 5.41) is 0. The third-order valence-electron chi connectivity index (χ3n) is 5.49. The monoisotopic (exact) mass is 387 g/mol. The standard InChI is InChI=1S/C22H30FN3O2/c1-16(2)26(22(27)15-28-3)12-18-11-25(13-20-8-5-9-24-20)14-21(18)17-6-4-7-19(23)10-17/h4-10,16,18,21,24H,11-15H2,1-3H3. The summed E-state index contributed by atoms with van der Waals surface area (Å²) >= 11 is 0. The molecule has 0 saturated carbocycles. The van der Waals surface area contributed by atoms with E-state index >= 15 is 0 Å². The van der Waals surface area contributed by atoms with Gasteiger partial charge in [-0.15, -0.1) is 0 Å². The molecular formula is C22H30FN3O2. The highest BCUT2D eigenvalue weighted by Gasteiger charge is 2.36. The fraction of sp³-hybridized carbons (Fsp3) is 0.500. The van der Waals surface area contributed by atoms with Gasteiger partial charge in [-0.05, 0) is 49.6 Å². The average Bonchev–Trinajstić information content (AvgIpc) is 3.29. The molecule has 28 heavy (non-hydrogen) atoms. The van der Waals surface area contributed by atoms with Gasteiger partial charge < -0.3 is 14.6 Å². The second-order valence-corrected chi connectivity index (χ2v) is 7.88. The SMILES string of the molecule is COCC(=O)N(CC1CN(Cc2ccc[nH]2)CC1c1cccc(F)c1)C(C)C. The third kappa shape index (κ3) is 5.00. The lowest BCUT2D eigenvalue weighted by atomic mass is 9.88. The normalized spacial score (nSPS) is 20.0. The van der Waals surface area contributed by atoms with Crippen LogP contribution in [0.2, 0.25) is 0 Å². The van der Waals surface area contributed by atoms with Crippen molar-refractivity contribution in [1.29, 1.82) is 0 Å². The van der Waals surface area contributed by atoms with Crippen LogP contribution in [-0.4, -0.2) is 60.1 Å². The Hall–Kier alpha value is -2.18. The van der Waals surface area contributed by atoms with Crippen molar-refractivity contribution in [2.24, 2.45) is 5.92 Å². The number of nitrogens with one attached hydrogen (secondary N) is 1. The minimum absolute atomic E-state index is 0.00156. The number of hydrogen-bond acceptors (Lipinski definition) is 3. The molecule has 0 radical (unpaired) electrons. The summed E-state index contributed by atoms with van der Waals surface area (Å²) in [7, 11) is 1.54. The number of rotatable bonds is 8. The van der Waals surface area contributed by atoms with Gasteiger partial charge in [-0.1, -0.05) is 12.1 Å². The Morgan fingerprint density at radius 1 is 1.32 bits per heavy atom. The van der Waals surface area contributed by atoms with Crippen molar-refractivity contribution in [3.63, 3.8) is 0 Å². The molecule has 2 aromatic rings. The Morgan fingerprint density at radius 3 is 2.79 bits per heavy atom. The topological polar surface area (TPSA) is 48.6 Å². The zero-order chi connectivity index (χ0) is 20.1. The van der Waals surface area contributed by atoms with Crippen molar-refractivity contribution < 1.29 is 13.9 Å². The molecule has 5 nitrogen and oxygen atoms in total. The average molecular weight is 387 g/mol. The van der Waals surface area contributed by atoms with Crippen LogP contribution in [0.1, 0.15) is 31.0 Å². The number of nitrogens with zero attached hydrogens (tertiary/aromatic N) is 2. The molecule has 2 heterocycles. The van der Waals surface area contributed by atoms with Gasteiger partial charge in [0, 0.05) is 57.1 Å². The van der Waals surface area contributed by atoms with Crippen molar-refractivity contribution in [2.75, 3.05) is 33.4 Å². The lowest BCUT2D eigenvalue weighted by molar-refractivity contribution is -0.137. The molecule has 1 aliphatic rings. The Balaban J connectivity index is 1.80. The number of aromatic nitrogens is 1. The fourth-order valence-corrected chi connectivity index (χ4v) is 4.16. The van der Waals surface area contributed by atoms with Gasteiger partial charge in [-0.2, -0.15) is 0 Å². The summed E-state index contributed by atoms with van der Waals surface area (Å²) in [6.45, 7) is 7.31. The number of likely N-dealkylation sites (tertiary alicyclic amines) is 1. The zero-order valence-corrected chi connectivity index (χ0v) is 16.9. The molecule has 152 valence electrons. The van der Waals surface area contributed by atoms with Crippen molar-refractivity contribution in [3.05, 3.63) is 59.7 Å². The van der Waals surface area contributed by atoms with Crippen LogP contribution in [0.3, 0.4) is 0 Å². The first-order valence-electron chi connectivity index (χ1n) is 9.86. The fourth-order valence-electron chi connectivity index (χ4n) is 4.16. The van der Waals surface area contributed by atoms with Crippen LogP contribution in [-0.2, 0) is 16.1 Å². The van der Waals surface area contributed by atoms with E-state index in [1.165, 1.54) is 6.07 Å². The van der Waals surface area contributed by atoms with Gasteiger partial charge in [0.1, 0.15) is 12.4 Å². The Labute approximate surface area is 166 Å². The van der Waals surface area contributed by atoms with Gasteiger partial charge in [0.15, 0.2) is 0 Å². The quantitative estimate of drug-likeness (QED) is 0.756. The number of hydrogen-bond donors (Lipinski definition) is 1. The molecule has 2 atom stereocenters. The van der Waals surface area contributed by atoms with E-state index in [-0.39, 0.29) is 36.2 Å². The lowest BCUT2D eigenvalue weighted by Crippen LogP contribution is -2.43. The second-order valence-electron chi connectivity index (χ2n) is 7.88. The molecular weight excluding hydrogens is 357 g/mol. The predicted molar refractivity (Wildman–Crippen MR) is 107 cm³/mol. The van der Waals surface area contributed by atoms with E-state index in [2.05, 4.69) is 16.0 Å². The highest BCUT2D eigenvalue weighted by molar-refractivity contribution is 5.77. The van der Waals surface area contributed by atoms with Gasteiger partial charge in [0.25, 0.3) is 0 Å². The lowest BCUT2D eigenvalue weighted by Gasteiger charge is -2.31. The molecule has 0 aliphatic carbocycles. The molecule has 1 amide bonds. The maximum atomic E-state index is 13.9. The van der Waals surface area contributed by atoms with E-state index in [0.717, 1.165) is 30.9 Å². The molecule has 2 unspecified atom stereocenters. The number of aromatic amines is 1. The van der Waals surface area contributed by atoms with Crippen LogP contribution in [0.15, 0.2) is 42.6 Å². The number of methoxy groups -OCH3 is 1. The summed E-state index contributed by atoms with van der Waals surface area (Å²) in [4.78, 5) is 20.1. The summed E-state index contributed by atoms with van der Waals surface area (Å²) in [6, 6.07) is 11.0. The van der Waals surface area contributed by atoms with E-state index in [1.807, 2.05) is 37.1 Å². The number of halogens is 1. The molecule has 1 saturated heterocycles. The number of benzene rings is 1. The van der Waals surface area contributed by atoms with Crippen molar-refractivity contribution in [1.82, 2.24) is 14.8 Å². The number of carbonyl (C=O) groups excluding carboxylic acids is 1. The first kappa shape index (κ1) is 20.6. The summed E-state index contributed by atoms with van der Waals surface area (Å²) in [5.41, 5.74) is 2.16.